The number of hydrogen-bond acceptors (Lipinski definition) is 32. The van der Waals surface area contributed by atoms with Crippen LogP contribution in [0.5, 0.6) is 0 Å². The second kappa shape index (κ2) is 32.3. The molecule has 582 valence electrons. The van der Waals surface area contributed by atoms with E-state index in [1.54, 1.807) is 0 Å². The molecule has 6 saturated heterocycles. The van der Waals surface area contributed by atoms with Gasteiger partial charge >= 0.3 is 0 Å². The van der Waals surface area contributed by atoms with Gasteiger partial charge in [-0.3, -0.25) is 0 Å². The molecule has 10 rings (SSSR count). The Morgan fingerprint density at radius 2 is 0.840 bits per heavy atom. The van der Waals surface area contributed by atoms with Gasteiger partial charge in [0.25, 0.3) is 0 Å². The molecule has 0 amide bonds. The monoisotopic (exact) mass is 1450 g/mol. The molecule has 6 aliphatic heterocycles. The summed E-state index contributed by atoms with van der Waals surface area (Å²) >= 11 is 0. The van der Waals surface area contributed by atoms with E-state index in [9.17, 15) is 102 Å². The lowest BCUT2D eigenvalue weighted by Crippen LogP contribution is -2.66. The Labute approximate surface area is 583 Å². The van der Waals surface area contributed by atoms with Gasteiger partial charge < -0.3 is 159 Å². The highest BCUT2D eigenvalue weighted by molar-refractivity contribution is 5.30. The molecule has 0 aromatic rings. The molecule has 10 aliphatic rings. The van der Waals surface area contributed by atoms with Crippen LogP contribution in [0, 0.1) is 50.7 Å². The quantitative estimate of drug-likeness (QED) is 0.0453. The molecule has 0 aromatic heterocycles. The third kappa shape index (κ3) is 15.3. The number of aliphatic hydroxyl groups excluding tert-OH is 20. The maximum absolute atomic E-state index is 11.9. The van der Waals surface area contributed by atoms with Crippen LogP contribution in [-0.4, -0.2) is 338 Å². The molecule has 0 aromatic carbocycles. The Morgan fingerprint density at radius 1 is 0.440 bits per heavy atom. The Morgan fingerprint density at radius 3 is 1.28 bits per heavy atom. The van der Waals surface area contributed by atoms with Crippen molar-refractivity contribution in [3.05, 3.63) is 11.6 Å². The summed E-state index contributed by atoms with van der Waals surface area (Å²) in [5.41, 5.74) is -0.558. The Balaban J connectivity index is 0.0000117. The van der Waals surface area contributed by atoms with Gasteiger partial charge in [0.1, 0.15) is 146 Å². The van der Waals surface area contributed by atoms with E-state index in [-0.39, 0.29) is 47.3 Å². The number of rotatable bonds is 22. The van der Waals surface area contributed by atoms with Crippen LogP contribution in [0.15, 0.2) is 11.6 Å². The van der Waals surface area contributed by atoms with Crippen LogP contribution < -0.4 is 0 Å². The molecule has 9 fully saturated rings. The van der Waals surface area contributed by atoms with Crippen molar-refractivity contribution in [1.29, 1.82) is 0 Å². The van der Waals surface area contributed by atoms with Gasteiger partial charge in [-0.05, 0) is 103 Å². The summed E-state index contributed by atoms with van der Waals surface area (Å²) in [6.07, 6.45) is -42.5. The summed E-state index contributed by atoms with van der Waals surface area (Å²) in [5, 5.41) is 215. The van der Waals surface area contributed by atoms with Crippen molar-refractivity contribution in [1.82, 2.24) is 0 Å². The lowest BCUT2D eigenvalue weighted by molar-refractivity contribution is -0.379. The van der Waals surface area contributed by atoms with Crippen LogP contribution in [0.4, 0.5) is 0 Å². The van der Waals surface area contributed by atoms with E-state index in [1.807, 2.05) is 20.8 Å². The molecule has 33 unspecified atom stereocenters. The van der Waals surface area contributed by atoms with E-state index < -0.39 is 247 Å². The zero-order valence-electron chi connectivity index (χ0n) is 57.8. The third-order valence-electron chi connectivity index (χ3n) is 25.1. The van der Waals surface area contributed by atoms with E-state index in [4.69, 9.17) is 56.8 Å². The first-order valence-electron chi connectivity index (χ1n) is 35.2. The molecular weight excluding hydrogens is 1330 g/mol. The maximum atomic E-state index is 11.9. The second-order valence-corrected chi connectivity index (χ2v) is 32.2. The van der Waals surface area contributed by atoms with Crippen LogP contribution >= 0.6 is 0 Å². The Bertz CT molecular complexity index is 2630. The predicted molar refractivity (Wildman–Crippen MR) is 341 cm³/mol. The lowest BCUT2D eigenvalue weighted by atomic mass is 9.39. The zero-order valence-corrected chi connectivity index (χ0v) is 57.8. The molecule has 4 aliphatic carbocycles. The smallest absolute Gasteiger partial charge is 0.187 e. The van der Waals surface area contributed by atoms with Gasteiger partial charge in [0.2, 0.25) is 0 Å². The van der Waals surface area contributed by atoms with Crippen molar-refractivity contribution in [3.8, 4) is 0 Å². The van der Waals surface area contributed by atoms with Crippen molar-refractivity contribution < 1.29 is 159 Å². The summed E-state index contributed by atoms with van der Waals surface area (Å²) in [7, 11) is 0. The fourth-order valence-electron chi connectivity index (χ4n) is 18.6. The number of ether oxygens (including phenoxy) is 12. The largest absolute Gasteiger partial charge is 0.394 e. The average molecular weight is 1450 g/mol. The summed E-state index contributed by atoms with van der Waals surface area (Å²) in [6, 6.07) is 0. The molecule has 0 bridgehead atoms. The molecule has 39 atom stereocenters. The fraction of sp³-hybridized carbons (Fsp3) is 0.971. The van der Waals surface area contributed by atoms with Crippen LogP contribution in [0.2, 0.25) is 0 Å². The van der Waals surface area contributed by atoms with Crippen LogP contribution in [-0.2, 0) is 56.8 Å². The van der Waals surface area contributed by atoms with Crippen molar-refractivity contribution in [3.63, 3.8) is 0 Å². The number of aliphatic hydroxyl groups is 20. The van der Waals surface area contributed by atoms with Gasteiger partial charge in [0.15, 0.2) is 37.7 Å². The van der Waals surface area contributed by atoms with Gasteiger partial charge in [-0.1, -0.05) is 81.4 Å². The normalized spacial score (nSPS) is 51.2. The van der Waals surface area contributed by atoms with Gasteiger partial charge in [-0.25, -0.2) is 0 Å². The third-order valence-corrected chi connectivity index (χ3v) is 25.1. The molecular formula is C68H118O32. The molecule has 100 heavy (non-hydrogen) atoms. The topological polar surface area (TPSA) is 515 Å². The summed E-state index contributed by atoms with van der Waals surface area (Å²) in [6.45, 7) is 15.4. The predicted octanol–water partition coefficient (Wildman–Crippen LogP) is -4.64. The highest BCUT2D eigenvalue weighted by Gasteiger charge is 2.68. The highest BCUT2D eigenvalue weighted by Crippen LogP contribution is 2.75. The first kappa shape index (κ1) is 82.5. The van der Waals surface area contributed by atoms with Gasteiger partial charge in [-0.15, -0.1) is 0 Å². The number of fused-ring (bicyclic) bond motifs is 5. The first-order chi connectivity index (χ1) is 46.4. The van der Waals surface area contributed by atoms with Crippen molar-refractivity contribution in [2.75, 3.05) is 39.6 Å². The van der Waals surface area contributed by atoms with Crippen molar-refractivity contribution in [2.45, 2.75) is 324 Å². The Hall–Kier alpha value is -1.54. The molecule has 0 spiro atoms. The van der Waals surface area contributed by atoms with E-state index in [0.717, 1.165) is 32.1 Å². The SMILES string of the molecule is C.C[C@H](CCC(OC1OC(COC2OC(CO)C(O)C(O)C2O)C(O)C(O)C1OC1OC(CO)C(O)C(O)C1O)C(C)(C)C)[C@H]1CC[C@@]2(C)C3CC=C4C(CC[C@H](OC5OC(COC6OC(CO)C(O)C(O)C6O)C(O)C(O)C5OC5OC(CO)C(O)C(O)C5O)C4(C)C)[C@]3(C)CC[C@]12C. The molecule has 20 N–H and O–H groups in total. The Kier molecular flexibility index (Phi) is 26.7. The number of allylic oxidation sites excluding steroid dienone is 1. The fourth-order valence-corrected chi connectivity index (χ4v) is 18.6. The average Bonchev–Trinajstić information content (AvgIpc) is 1.45. The standard InChI is InChI=1S/C67H114O32.CH4/c1-26(10-14-37(63(2,3)4)96-61-55(98-59-53(86)47(80)41(74)32(22-70)92-59)49(82)43(76)34(94-61)24-88-57-51(84)45(78)39(72)30(20-68)90-57)27-16-17-67(9)36-13-11-28-29(65(36,7)18-19-66(27,67)8)12-15-38(64(28,5)6)97-62-56(99-60-54(87)48(81)42(75)33(23-71)93-60)50(83)44(77)35(95-62)25-89-58-52(85)46(79)40(73)31(21-69)91-58;/h11,26-27,29-62,68-87H,10,12-25H2,1-9H3;1H4/t26-,27-,29?,30?,31?,32?,33?,34?,35?,36?,37?,38+,39?,40?,41?,42?,43?,44?,45?,46?,47?,48?,49?,50?,51?,52?,53?,54?,55?,56?,57?,58?,59?,60?,61?,62?,65+,66-,67+;/m1./s1. The molecule has 6 heterocycles. The van der Waals surface area contributed by atoms with Gasteiger partial charge in [-0.2, -0.15) is 0 Å². The van der Waals surface area contributed by atoms with E-state index in [2.05, 4.69) is 47.6 Å². The summed E-state index contributed by atoms with van der Waals surface area (Å²) in [5.74, 6) is 0.784. The lowest BCUT2D eigenvalue weighted by Gasteiger charge is -2.66. The minimum atomic E-state index is -1.90. The van der Waals surface area contributed by atoms with Crippen LogP contribution in [0.3, 0.4) is 0 Å². The van der Waals surface area contributed by atoms with E-state index in [1.165, 1.54) is 5.57 Å². The molecule has 32 nitrogen and oxygen atoms in total. The summed E-state index contributed by atoms with van der Waals surface area (Å²) in [4.78, 5) is 0. The van der Waals surface area contributed by atoms with Crippen molar-refractivity contribution >= 4 is 0 Å². The molecule has 3 saturated carbocycles. The zero-order chi connectivity index (χ0) is 72.7. The minimum Gasteiger partial charge on any atom is -0.394 e. The van der Waals surface area contributed by atoms with E-state index in [0.29, 0.717) is 25.7 Å². The first-order valence-corrected chi connectivity index (χ1v) is 35.2. The molecule has 32 heteroatoms. The second-order valence-electron chi connectivity index (χ2n) is 32.2. The van der Waals surface area contributed by atoms with Gasteiger partial charge in [0.05, 0.1) is 51.8 Å². The minimum absolute atomic E-state index is 0. The van der Waals surface area contributed by atoms with Crippen molar-refractivity contribution in [2.24, 2.45) is 50.7 Å². The molecule has 0 radical (unpaired) electrons. The van der Waals surface area contributed by atoms with Gasteiger partial charge in [0, 0.05) is 5.41 Å². The maximum Gasteiger partial charge on any atom is 0.187 e. The van der Waals surface area contributed by atoms with Crippen LogP contribution in [0.1, 0.15) is 128 Å². The van der Waals surface area contributed by atoms with E-state index >= 15 is 0 Å². The highest BCUT2D eigenvalue weighted by atomic mass is 16.8. The van der Waals surface area contributed by atoms with Crippen LogP contribution in [0.25, 0.3) is 0 Å². The summed E-state index contributed by atoms with van der Waals surface area (Å²) < 4.78 is 72.8. The number of hydrogen-bond donors (Lipinski definition) is 20.